The van der Waals surface area contributed by atoms with Gasteiger partial charge in [-0.3, -0.25) is 4.79 Å². The minimum atomic E-state index is -0.133. The van der Waals surface area contributed by atoms with Crippen molar-refractivity contribution in [2.75, 3.05) is 24.6 Å². The van der Waals surface area contributed by atoms with Crippen molar-refractivity contribution < 1.29 is 9.53 Å². The van der Waals surface area contributed by atoms with Crippen molar-refractivity contribution in [1.82, 2.24) is 25.3 Å². The smallest absolute Gasteiger partial charge is 0.225 e. The van der Waals surface area contributed by atoms with Crippen LogP contribution in [-0.4, -0.2) is 45.6 Å². The van der Waals surface area contributed by atoms with Crippen LogP contribution >= 0.6 is 0 Å². The molecule has 3 heterocycles. The first-order valence-electron chi connectivity index (χ1n) is 13.0. The number of carbonyl (C=O) groups excluding carboxylic acids is 1. The lowest BCUT2D eigenvalue weighted by Crippen LogP contribution is -2.43. The van der Waals surface area contributed by atoms with Crippen molar-refractivity contribution >= 4 is 22.6 Å². The van der Waals surface area contributed by atoms with Crippen molar-refractivity contribution in [2.45, 2.75) is 47.1 Å². The average molecular weight is 499 g/mol. The number of para-hydroxylation sites is 1. The largest absolute Gasteiger partial charge is 0.494 e. The lowest BCUT2D eigenvalue weighted by molar-refractivity contribution is -0.125. The molecular weight excluding hydrogens is 464 g/mol. The molecule has 0 radical (unpaired) electrons. The predicted octanol–water partition coefficient (Wildman–Crippen LogP) is 4.67. The zero-order valence-corrected chi connectivity index (χ0v) is 22.0. The van der Waals surface area contributed by atoms with Gasteiger partial charge in [0, 0.05) is 25.2 Å². The fourth-order valence-corrected chi connectivity index (χ4v) is 5.12. The van der Waals surface area contributed by atoms with E-state index in [-0.39, 0.29) is 11.8 Å². The van der Waals surface area contributed by atoms with Crippen LogP contribution in [-0.2, 0) is 11.3 Å². The molecule has 8 nitrogen and oxygen atoms in total. The van der Waals surface area contributed by atoms with Gasteiger partial charge in [-0.1, -0.05) is 35.9 Å². The van der Waals surface area contributed by atoms with Gasteiger partial charge in [-0.05, 0) is 58.7 Å². The SMILES string of the molecule is CCOc1ccccc1CNC(=O)[C@H]1CCCN(c2nnc(C)c3c(C)n(-c4ccc(C)cc4)nc23)C1. The Bertz CT molecular complexity index is 1410. The summed E-state index contributed by atoms with van der Waals surface area (Å²) < 4.78 is 7.67. The number of hydrogen-bond acceptors (Lipinski definition) is 6. The molecule has 1 aliphatic rings. The summed E-state index contributed by atoms with van der Waals surface area (Å²) in [4.78, 5) is 15.3. The Morgan fingerprint density at radius 2 is 1.86 bits per heavy atom. The first-order chi connectivity index (χ1) is 18.0. The van der Waals surface area contributed by atoms with Crippen molar-refractivity contribution in [3.05, 3.63) is 71.0 Å². The minimum Gasteiger partial charge on any atom is -0.494 e. The highest BCUT2D eigenvalue weighted by atomic mass is 16.5. The number of rotatable bonds is 7. The van der Waals surface area contributed by atoms with Crippen LogP contribution in [0.2, 0.25) is 0 Å². The standard InChI is InChI=1S/C29H34N6O2/c1-5-37-25-11-7-6-9-22(25)17-30-29(36)23-10-8-16-34(18-23)28-27-26(20(3)31-32-28)21(4)35(33-27)24-14-12-19(2)13-15-24/h6-7,9,11-15,23H,5,8,10,16-18H2,1-4H3,(H,30,36)/t23-/m0/s1. The van der Waals surface area contributed by atoms with Gasteiger partial charge in [0.15, 0.2) is 5.82 Å². The third-order valence-electron chi connectivity index (χ3n) is 7.08. The molecule has 2 aromatic heterocycles. The summed E-state index contributed by atoms with van der Waals surface area (Å²) in [5, 5.41) is 18.2. The number of anilines is 1. The van der Waals surface area contributed by atoms with E-state index in [1.54, 1.807) is 0 Å². The molecule has 1 amide bonds. The van der Waals surface area contributed by atoms with Crippen molar-refractivity contribution in [3.63, 3.8) is 0 Å². The topological polar surface area (TPSA) is 85.2 Å². The Kier molecular flexibility index (Phi) is 7.08. The summed E-state index contributed by atoms with van der Waals surface area (Å²) >= 11 is 0. The molecule has 0 saturated carbocycles. The van der Waals surface area contributed by atoms with Gasteiger partial charge < -0.3 is 15.0 Å². The van der Waals surface area contributed by atoms with Crippen LogP contribution in [0.5, 0.6) is 5.75 Å². The Morgan fingerprint density at radius 3 is 2.65 bits per heavy atom. The van der Waals surface area contributed by atoms with Crippen LogP contribution in [0.15, 0.2) is 48.5 Å². The Balaban J connectivity index is 1.37. The molecule has 4 aromatic rings. The van der Waals surface area contributed by atoms with E-state index >= 15 is 0 Å². The summed E-state index contributed by atoms with van der Waals surface area (Å²) in [6, 6.07) is 16.2. The van der Waals surface area contributed by atoms with Gasteiger partial charge in [-0.25, -0.2) is 4.68 Å². The number of nitrogens with zero attached hydrogens (tertiary/aromatic N) is 5. The molecule has 1 N–H and O–H groups in total. The highest BCUT2D eigenvalue weighted by Gasteiger charge is 2.29. The highest BCUT2D eigenvalue weighted by Crippen LogP contribution is 2.31. The summed E-state index contributed by atoms with van der Waals surface area (Å²) in [7, 11) is 0. The van der Waals surface area contributed by atoms with Gasteiger partial charge in [0.2, 0.25) is 5.91 Å². The zero-order chi connectivity index (χ0) is 25.9. The predicted molar refractivity (Wildman–Crippen MR) is 145 cm³/mol. The van der Waals surface area contributed by atoms with Crippen molar-refractivity contribution in [1.29, 1.82) is 0 Å². The van der Waals surface area contributed by atoms with Gasteiger partial charge in [0.25, 0.3) is 0 Å². The van der Waals surface area contributed by atoms with Gasteiger partial charge in [-0.15, -0.1) is 5.10 Å². The number of nitrogens with one attached hydrogen (secondary N) is 1. The maximum atomic E-state index is 13.2. The van der Waals surface area contributed by atoms with E-state index in [1.807, 2.05) is 42.8 Å². The summed E-state index contributed by atoms with van der Waals surface area (Å²) in [6.07, 6.45) is 1.75. The van der Waals surface area contributed by atoms with Crippen LogP contribution in [0.3, 0.4) is 0 Å². The molecular formula is C29H34N6O2. The van der Waals surface area contributed by atoms with Crippen LogP contribution in [0.25, 0.3) is 16.6 Å². The molecule has 1 saturated heterocycles. The van der Waals surface area contributed by atoms with Crippen LogP contribution < -0.4 is 15.0 Å². The molecule has 0 bridgehead atoms. The molecule has 0 aliphatic carbocycles. The Morgan fingerprint density at radius 1 is 1.08 bits per heavy atom. The molecule has 5 rings (SSSR count). The number of aryl methyl sites for hydroxylation is 3. The third-order valence-corrected chi connectivity index (χ3v) is 7.08. The molecule has 2 aromatic carbocycles. The maximum absolute atomic E-state index is 13.2. The lowest BCUT2D eigenvalue weighted by atomic mass is 9.97. The number of benzene rings is 2. The molecule has 1 aliphatic heterocycles. The van der Waals surface area contributed by atoms with Crippen molar-refractivity contribution in [3.8, 4) is 11.4 Å². The molecule has 1 atom stereocenters. The highest BCUT2D eigenvalue weighted by molar-refractivity contribution is 5.92. The van der Waals surface area contributed by atoms with E-state index < -0.39 is 0 Å². The van der Waals surface area contributed by atoms with Gasteiger partial charge in [0.05, 0.1) is 35.0 Å². The average Bonchev–Trinajstić information content (AvgIpc) is 3.26. The zero-order valence-electron chi connectivity index (χ0n) is 22.0. The number of hydrogen-bond donors (Lipinski definition) is 1. The van der Waals surface area contributed by atoms with Crippen LogP contribution in [0.4, 0.5) is 5.82 Å². The molecule has 0 spiro atoms. The molecule has 8 heteroatoms. The summed E-state index contributed by atoms with van der Waals surface area (Å²) in [6.45, 7) is 10.5. The number of ether oxygens (including phenoxy) is 1. The second-order valence-corrected chi connectivity index (χ2v) is 9.71. The fourth-order valence-electron chi connectivity index (χ4n) is 5.12. The quantitative estimate of drug-likeness (QED) is 0.399. The number of aromatic nitrogens is 4. The number of amides is 1. The van der Waals surface area contributed by atoms with E-state index in [0.717, 1.165) is 64.5 Å². The van der Waals surface area contributed by atoms with E-state index in [4.69, 9.17) is 9.84 Å². The number of carbonyl (C=O) groups is 1. The van der Waals surface area contributed by atoms with Crippen LogP contribution in [0, 0.1) is 26.7 Å². The maximum Gasteiger partial charge on any atom is 0.225 e. The molecule has 192 valence electrons. The molecule has 1 fully saturated rings. The second kappa shape index (κ2) is 10.6. The fraction of sp³-hybridized carbons (Fsp3) is 0.379. The Labute approximate surface area is 217 Å². The second-order valence-electron chi connectivity index (χ2n) is 9.71. The van der Waals surface area contributed by atoms with Crippen LogP contribution in [0.1, 0.15) is 42.3 Å². The van der Waals surface area contributed by atoms with E-state index in [1.165, 1.54) is 5.56 Å². The third kappa shape index (κ3) is 5.01. The first-order valence-corrected chi connectivity index (χ1v) is 13.0. The first kappa shape index (κ1) is 24.7. The van der Waals surface area contributed by atoms with Gasteiger partial charge >= 0.3 is 0 Å². The van der Waals surface area contributed by atoms with Gasteiger partial charge in [0.1, 0.15) is 11.3 Å². The number of fused-ring (bicyclic) bond motifs is 1. The molecule has 37 heavy (non-hydrogen) atoms. The van der Waals surface area contributed by atoms with E-state index in [2.05, 4.69) is 58.5 Å². The van der Waals surface area contributed by atoms with E-state index in [0.29, 0.717) is 19.7 Å². The summed E-state index contributed by atoms with van der Waals surface area (Å²) in [5.74, 6) is 1.47. The Hall–Kier alpha value is -3.94. The number of piperidine rings is 1. The normalized spacial score (nSPS) is 15.7. The van der Waals surface area contributed by atoms with Crippen molar-refractivity contribution in [2.24, 2.45) is 5.92 Å². The minimum absolute atomic E-state index is 0.0497. The van der Waals surface area contributed by atoms with Gasteiger partial charge in [-0.2, -0.15) is 10.2 Å². The monoisotopic (exact) mass is 498 g/mol. The van der Waals surface area contributed by atoms with E-state index in [9.17, 15) is 4.79 Å². The summed E-state index contributed by atoms with van der Waals surface area (Å²) in [5.41, 5.74) is 5.91. The lowest BCUT2D eigenvalue weighted by Gasteiger charge is -2.32. The molecule has 0 unspecified atom stereocenters.